The molecular weight excluding hydrogens is 250 g/mol. The van der Waals surface area contributed by atoms with Crippen LogP contribution < -0.4 is 10.6 Å². The number of aromatic nitrogens is 3. The van der Waals surface area contributed by atoms with Gasteiger partial charge in [0, 0.05) is 30.4 Å². The van der Waals surface area contributed by atoms with Gasteiger partial charge in [0.05, 0.1) is 0 Å². The van der Waals surface area contributed by atoms with E-state index < -0.39 is 0 Å². The maximum absolute atomic E-state index is 4.65. The van der Waals surface area contributed by atoms with Crippen molar-refractivity contribution in [3.8, 4) is 0 Å². The van der Waals surface area contributed by atoms with Crippen molar-refractivity contribution in [1.82, 2.24) is 20.3 Å². The van der Waals surface area contributed by atoms with Crippen LogP contribution in [-0.4, -0.2) is 28.0 Å². The number of nitrogens with zero attached hydrogens (tertiary/aromatic N) is 3. The van der Waals surface area contributed by atoms with Gasteiger partial charge in [0.1, 0.15) is 17.5 Å². The third-order valence-electron chi connectivity index (χ3n) is 3.45. The van der Waals surface area contributed by atoms with Crippen LogP contribution in [0.25, 0.3) is 0 Å². The van der Waals surface area contributed by atoms with E-state index in [-0.39, 0.29) is 0 Å². The summed E-state index contributed by atoms with van der Waals surface area (Å²) < 4.78 is 0. The van der Waals surface area contributed by atoms with Crippen molar-refractivity contribution in [2.45, 2.75) is 25.7 Å². The first-order valence-electron chi connectivity index (χ1n) is 7.05. The molecule has 0 bridgehead atoms. The number of hydrogen-bond acceptors (Lipinski definition) is 5. The molecule has 5 heteroatoms. The lowest BCUT2D eigenvalue weighted by atomic mass is 9.99. The fourth-order valence-corrected chi connectivity index (χ4v) is 2.48. The molecule has 0 aliphatic carbocycles. The molecule has 1 fully saturated rings. The third-order valence-corrected chi connectivity index (χ3v) is 3.45. The van der Waals surface area contributed by atoms with E-state index in [4.69, 9.17) is 0 Å². The van der Waals surface area contributed by atoms with Gasteiger partial charge in [0.15, 0.2) is 0 Å². The highest BCUT2D eigenvalue weighted by molar-refractivity contribution is 5.51. The van der Waals surface area contributed by atoms with E-state index >= 15 is 0 Å². The Morgan fingerprint density at radius 1 is 1.25 bits per heavy atom. The molecule has 1 saturated heterocycles. The average molecular weight is 269 g/mol. The summed E-state index contributed by atoms with van der Waals surface area (Å²) in [6, 6.07) is 7.73. The van der Waals surface area contributed by atoms with E-state index in [1.54, 1.807) is 6.20 Å². The minimum atomic E-state index is 0.410. The molecular formula is C15H19N5. The van der Waals surface area contributed by atoms with Crippen molar-refractivity contribution >= 4 is 11.6 Å². The van der Waals surface area contributed by atoms with Crippen molar-refractivity contribution in [2.75, 3.05) is 18.4 Å². The summed E-state index contributed by atoms with van der Waals surface area (Å²) in [7, 11) is 0. The van der Waals surface area contributed by atoms with Gasteiger partial charge in [-0.2, -0.15) is 0 Å². The zero-order valence-corrected chi connectivity index (χ0v) is 11.6. The highest BCUT2D eigenvalue weighted by atomic mass is 15.1. The molecule has 2 N–H and O–H groups in total. The van der Waals surface area contributed by atoms with Crippen LogP contribution in [0.15, 0.2) is 30.5 Å². The lowest BCUT2D eigenvalue weighted by Crippen LogP contribution is -2.29. The monoisotopic (exact) mass is 269 g/mol. The first-order valence-corrected chi connectivity index (χ1v) is 7.05. The number of aryl methyl sites for hydroxylation is 1. The molecule has 1 atom stereocenters. The molecule has 5 nitrogen and oxygen atoms in total. The minimum Gasteiger partial charge on any atom is -0.325 e. The smallest absolute Gasteiger partial charge is 0.135 e. The molecule has 0 aromatic carbocycles. The van der Waals surface area contributed by atoms with E-state index in [0.29, 0.717) is 5.92 Å². The molecule has 0 saturated carbocycles. The number of hydrogen-bond donors (Lipinski definition) is 2. The van der Waals surface area contributed by atoms with E-state index in [2.05, 4.69) is 25.6 Å². The molecule has 3 heterocycles. The molecule has 1 unspecified atom stereocenters. The number of anilines is 2. The van der Waals surface area contributed by atoms with Gasteiger partial charge in [-0.05, 0) is 38.4 Å². The van der Waals surface area contributed by atoms with Crippen LogP contribution in [0, 0.1) is 6.92 Å². The SMILES string of the molecule is Cc1cc(Nc2ccccn2)nc(C2CCCNC2)n1. The van der Waals surface area contributed by atoms with Crippen LogP contribution in [0.1, 0.15) is 30.3 Å². The minimum absolute atomic E-state index is 0.410. The fraction of sp³-hybridized carbons (Fsp3) is 0.400. The van der Waals surface area contributed by atoms with E-state index in [1.807, 2.05) is 31.2 Å². The van der Waals surface area contributed by atoms with Crippen molar-refractivity contribution < 1.29 is 0 Å². The quantitative estimate of drug-likeness (QED) is 0.896. The Hall–Kier alpha value is -2.01. The largest absolute Gasteiger partial charge is 0.325 e. The summed E-state index contributed by atoms with van der Waals surface area (Å²) in [4.78, 5) is 13.5. The first-order chi connectivity index (χ1) is 9.81. The molecule has 0 amide bonds. The normalized spacial score (nSPS) is 18.8. The summed E-state index contributed by atoms with van der Waals surface area (Å²) in [6.07, 6.45) is 4.10. The number of nitrogens with one attached hydrogen (secondary N) is 2. The standard InChI is InChI=1S/C15H19N5/c1-11-9-14(19-13-6-2-3-8-17-13)20-15(18-11)12-5-4-7-16-10-12/h2-3,6,8-9,12,16H,4-5,7,10H2,1H3,(H,17,18,19,20). The van der Waals surface area contributed by atoms with Gasteiger partial charge >= 0.3 is 0 Å². The second kappa shape index (κ2) is 5.96. The second-order valence-corrected chi connectivity index (χ2v) is 5.14. The van der Waals surface area contributed by atoms with Gasteiger partial charge in [-0.1, -0.05) is 6.07 Å². The molecule has 1 aliphatic heterocycles. The van der Waals surface area contributed by atoms with Crippen molar-refractivity contribution in [3.05, 3.63) is 42.0 Å². The van der Waals surface area contributed by atoms with Crippen molar-refractivity contribution in [3.63, 3.8) is 0 Å². The Bertz CT molecular complexity index is 564. The maximum atomic E-state index is 4.65. The lowest BCUT2D eigenvalue weighted by Gasteiger charge is -2.22. The zero-order chi connectivity index (χ0) is 13.8. The van der Waals surface area contributed by atoms with Crippen molar-refractivity contribution in [2.24, 2.45) is 0 Å². The van der Waals surface area contributed by atoms with E-state index in [1.165, 1.54) is 6.42 Å². The highest BCUT2D eigenvalue weighted by Crippen LogP contribution is 2.22. The summed E-state index contributed by atoms with van der Waals surface area (Å²) in [6.45, 7) is 4.07. The molecule has 3 rings (SSSR count). The van der Waals surface area contributed by atoms with Gasteiger partial charge < -0.3 is 10.6 Å². The molecule has 2 aromatic heterocycles. The average Bonchev–Trinajstić information content (AvgIpc) is 2.49. The maximum Gasteiger partial charge on any atom is 0.135 e. The zero-order valence-electron chi connectivity index (χ0n) is 11.6. The van der Waals surface area contributed by atoms with Gasteiger partial charge in [-0.15, -0.1) is 0 Å². The summed E-state index contributed by atoms with van der Waals surface area (Å²) >= 11 is 0. The Labute approximate surface area is 118 Å². The second-order valence-electron chi connectivity index (χ2n) is 5.14. The summed E-state index contributed by atoms with van der Waals surface area (Å²) in [5, 5.41) is 6.65. The summed E-state index contributed by atoms with van der Waals surface area (Å²) in [5.41, 5.74) is 0.985. The number of pyridine rings is 1. The Kier molecular flexibility index (Phi) is 3.87. The van der Waals surface area contributed by atoms with Gasteiger partial charge in [-0.25, -0.2) is 15.0 Å². The fourth-order valence-electron chi connectivity index (χ4n) is 2.48. The van der Waals surface area contributed by atoms with E-state index in [0.717, 1.165) is 42.7 Å². The Morgan fingerprint density at radius 2 is 2.20 bits per heavy atom. The first kappa shape index (κ1) is 13.0. The van der Waals surface area contributed by atoms with E-state index in [9.17, 15) is 0 Å². The summed E-state index contributed by atoms with van der Waals surface area (Å²) in [5.74, 6) is 2.96. The van der Waals surface area contributed by atoms with Crippen LogP contribution in [-0.2, 0) is 0 Å². The van der Waals surface area contributed by atoms with Crippen LogP contribution in [0.4, 0.5) is 11.6 Å². The predicted octanol–water partition coefficient (Wildman–Crippen LogP) is 2.39. The molecule has 0 radical (unpaired) electrons. The predicted molar refractivity (Wildman–Crippen MR) is 79.1 cm³/mol. The Morgan fingerprint density at radius 3 is 2.95 bits per heavy atom. The van der Waals surface area contributed by atoms with Crippen LogP contribution in [0.5, 0.6) is 0 Å². The lowest BCUT2D eigenvalue weighted by molar-refractivity contribution is 0.446. The molecule has 104 valence electrons. The van der Waals surface area contributed by atoms with Gasteiger partial charge in [0.2, 0.25) is 0 Å². The number of rotatable bonds is 3. The molecule has 0 spiro atoms. The van der Waals surface area contributed by atoms with Crippen LogP contribution in [0.3, 0.4) is 0 Å². The van der Waals surface area contributed by atoms with Crippen LogP contribution >= 0.6 is 0 Å². The van der Waals surface area contributed by atoms with Gasteiger partial charge in [0.25, 0.3) is 0 Å². The third kappa shape index (κ3) is 3.11. The molecule has 2 aromatic rings. The molecule has 1 aliphatic rings. The Balaban J connectivity index is 1.82. The highest BCUT2D eigenvalue weighted by Gasteiger charge is 2.18. The molecule has 20 heavy (non-hydrogen) atoms. The van der Waals surface area contributed by atoms with Gasteiger partial charge in [-0.3, -0.25) is 0 Å². The van der Waals surface area contributed by atoms with Crippen molar-refractivity contribution in [1.29, 1.82) is 0 Å². The number of piperidine rings is 1. The topological polar surface area (TPSA) is 62.7 Å². The van der Waals surface area contributed by atoms with Crippen LogP contribution in [0.2, 0.25) is 0 Å².